The maximum absolute atomic E-state index is 12.6. The first kappa shape index (κ1) is 16.7. The molecule has 2 rings (SSSR count). The zero-order valence-corrected chi connectivity index (χ0v) is 14.8. The van der Waals surface area contributed by atoms with Crippen LogP contribution in [0.15, 0.2) is 16.7 Å². The lowest BCUT2D eigenvalue weighted by molar-refractivity contribution is -0.127. The van der Waals surface area contributed by atoms with Gasteiger partial charge in [-0.2, -0.15) is 0 Å². The first-order valence-electron chi connectivity index (χ1n) is 7.11. The fraction of sp³-hybridized carbons (Fsp3) is 0.600. The Morgan fingerprint density at radius 3 is 2.81 bits per heavy atom. The lowest BCUT2D eigenvalue weighted by Crippen LogP contribution is -2.50. The van der Waals surface area contributed by atoms with E-state index in [0.717, 1.165) is 12.8 Å². The van der Waals surface area contributed by atoms with Gasteiger partial charge in [0.25, 0.3) is 0 Å². The van der Waals surface area contributed by atoms with Gasteiger partial charge in [-0.3, -0.25) is 4.79 Å². The van der Waals surface area contributed by atoms with Gasteiger partial charge in [0.2, 0.25) is 5.91 Å². The highest BCUT2D eigenvalue weighted by Gasteiger charge is 2.44. The Balaban J connectivity index is 2.14. The van der Waals surface area contributed by atoms with E-state index in [1.165, 1.54) is 0 Å². The molecule has 1 aromatic rings. The van der Waals surface area contributed by atoms with Crippen molar-refractivity contribution in [3.05, 3.63) is 21.9 Å². The van der Waals surface area contributed by atoms with Crippen molar-refractivity contribution in [2.75, 3.05) is 5.32 Å². The molecule has 1 fully saturated rings. The van der Waals surface area contributed by atoms with Gasteiger partial charge in [0, 0.05) is 12.0 Å². The normalized spacial score (nSPS) is 28.2. The zero-order valence-electron chi connectivity index (χ0n) is 12.5. The second-order valence-corrected chi connectivity index (χ2v) is 7.60. The van der Waals surface area contributed by atoms with Crippen molar-refractivity contribution in [3.63, 3.8) is 0 Å². The average Bonchev–Trinajstić information content (AvgIpc) is 2.40. The number of halogens is 2. The molecule has 3 unspecified atom stereocenters. The molecule has 1 amide bonds. The smallest absolute Gasteiger partial charge is 0.228 e. The minimum Gasteiger partial charge on any atom is -0.327 e. The predicted molar refractivity (Wildman–Crippen MR) is 89.2 cm³/mol. The molecule has 116 valence electrons. The molecule has 21 heavy (non-hydrogen) atoms. The van der Waals surface area contributed by atoms with Crippen molar-refractivity contribution in [2.24, 2.45) is 23.0 Å². The van der Waals surface area contributed by atoms with Gasteiger partial charge in [-0.05, 0) is 46.2 Å². The maximum Gasteiger partial charge on any atom is 0.228 e. The molecule has 0 aromatic carbocycles. The molecule has 0 spiro atoms. The first-order valence-corrected chi connectivity index (χ1v) is 8.28. The number of carbonyl (C=O) groups excluding carboxylic acids is 1. The van der Waals surface area contributed by atoms with Crippen LogP contribution in [0, 0.1) is 17.3 Å². The van der Waals surface area contributed by atoms with Crippen LogP contribution in [0.1, 0.15) is 33.6 Å². The lowest BCUT2D eigenvalue weighted by atomic mass is 9.61. The summed E-state index contributed by atoms with van der Waals surface area (Å²) in [5.74, 6) is 0.272. The number of nitrogens with zero attached hydrogens (tertiary/aromatic N) is 1. The second-order valence-electron chi connectivity index (χ2n) is 6.39. The van der Waals surface area contributed by atoms with Crippen LogP contribution >= 0.6 is 27.5 Å². The SMILES string of the molecule is CC1C(N)CCC(C(=O)Nc2cnc(Cl)c(Br)c2)C1(C)C. The summed E-state index contributed by atoms with van der Waals surface area (Å²) in [5, 5.41) is 3.32. The number of pyridine rings is 1. The highest BCUT2D eigenvalue weighted by Crippen LogP contribution is 2.44. The van der Waals surface area contributed by atoms with Crippen LogP contribution < -0.4 is 11.1 Å². The van der Waals surface area contributed by atoms with Crippen LogP contribution in [-0.4, -0.2) is 16.9 Å². The minimum atomic E-state index is -0.126. The summed E-state index contributed by atoms with van der Waals surface area (Å²) in [6.07, 6.45) is 3.26. The van der Waals surface area contributed by atoms with Crippen LogP contribution in [0.4, 0.5) is 5.69 Å². The van der Waals surface area contributed by atoms with E-state index >= 15 is 0 Å². The predicted octanol–water partition coefficient (Wildman–Crippen LogP) is 3.84. The summed E-state index contributed by atoms with van der Waals surface area (Å²) in [6, 6.07) is 1.92. The van der Waals surface area contributed by atoms with Crippen molar-refractivity contribution >= 4 is 39.1 Å². The number of hydrogen-bond donors (Lipinski definition) is 2. The molecule has 1 heterocycles. The molecule has 1 aromatic heterocycles. The highest BCUT2D eigenvalue weighted by molar-refractivity contribution is 9.10. The van der Waals surface area contributed by atoms with Gasteiger partial charge < -0.3 is 11.1 Å². The van der Waals surface area contributed by atoms with Crippen LogP contribution in [-0.2, 0) is 4.79 Å². The third kappa shape index (κ3) is 3.41. The number of rotatable bonds is 2. The minimum absolute atomic E-state index is 0.0229. The second kappa shape index (κ2) is 6.23. The molecule has 0 aliphatic heterocycles. The molecule has 1 saturated carbocycles. The first-order chi connectivity index (χ1) is 9.73. The Morgan fingerprint density at radius 2 is 2.19 bits per heavy atom. The Kier molecular flexibility index (Phi) is 4.96. The van der Waals surface area contributed by atoms with Gasteiger partial charge in [-0.1, -0.05) is 32.4 Å². The van der Waals surface area contributed by atoms with Gasteiger partial charge in [0.15, 0.2) is 0 Å². The standard InChI is InChI=1S/C15H21BrClN3O/c1-8-12(18)5-4-10(15(8,2)3)14(21)20-9-6-11(16)13(17)19-7-9/h6-8,10,12H,4-5,18H2,1-3H3,(H,20,21). The zero-order chi connectivity index (χ0) is 15.8. The number of nitrogens with one attached hydrogen (secondary N) is 1. The summed E-state index contributed by atoms with van der Waals surface area (Å²) in [4.78, 5) is 16.6. The molecular formula is C15H21BrClN3O. The van der Waals surface area contributed by atoms with Gasteiger partial charge in [-0.25, -0.2) is 4.98 Å². The Labute approximate surface area is 139 Å². The molecule has 1 aliphatic carbocycles. The Bertz CT molecular complexity index is 550. The van der Waals surface area contributed by atoms with Gasteiger partial charge in [0.05, 0.1) is 16.4 Å². The maximum atomic E-state index is 12.6. The average molecular weight is 375 g/mol. The fourth-order valence-electron chi connectivity index (χ4n) is 3.04. The van der Waals surface area contributed by atoms with E-state index in [-0.39, 0.29) is 23.3 Å². The van der Waals surface area contributed by atoms with Crippen molar-refractivity contribution in [2.45, 2.75) is 39.7 Å². The molecule has 0 bridgehead atoms. The summed E-state index contributed by atoms with van der Waals surface area (Å²) in [5.41, 5.74) is 6.66. The van der Waals surface area contributed by atoms with E-state index in [2.05, 4.69) is 47.0 Å². The molecule has 4 nitrogen and oxygen atoms in total. The van der Waals surface area contributed by atoms with Crippen LogP contribution in [0.3, 0.4) is 0 Å². The molecule has 0 radical (unpaired) electrons. The molecule has 3 N–H and O–H groups in total. The largest absolute Gasteiger partial charge is 0.327 e. The van der Waals surface area contributed by atoms with E-state index in [9.17, 15) is 4.79 Å². The van der Waals surface area contributed by atoms with E-state index in [1.54, 1.807) is 12.3 Å². The topological polar surface area (TPSA) is 68.0 Å². The number of amides is 1. The van der Waals surface area contributed by atoms with Gasteiger partial charge in [-0.15, -0.1) is 0 Å². The summed E-state index contributed by atoms with van der Waals surface area (Å²) in [7, 11) is 0. The molecular weight excluding hydrogens is 354 g/mol. The molecule has 0 saturated heterocycles. The van der Waals surface area contributed by atoms with E-state index in [4.69, 9.17) is 17.3 Å². The Hall–Kier alpha value is -0.650. The van der Waals surface area contributed by atoms with Crippen LogP contribution in [0.2, 0.25) is 5.15 Å². The lowest BCUT2D eigenvalue weighted by Gasteiger charge is -2.46. The number of nitrogens with two attached hydrogens (primary N) is 1. The van der Waals surface area contributed by atoms with E-state index in [1.807, 2.05) is 0 Å². The van der Waals surface area contributed by atoms with E-state index in [0.29, 0.717) is 21.2 Å². The number of hydrogen-bond acceptors (Lipinski definition) is 3. The van der Waals surface area contributed by atoms with Crippen molar-refractivity contribution in [1.82, 2.24) is 4.98 Å². The third-order valence-electron chi connectivity index (χ3n) is 4.88. The highest BCUT2D eigenvalue weighted by atomic mass is 79.9. The van der Waals surface area contributed by atoms with Crippen molar-refractivity contribution in [1.29, 1.82) is 0 Å². The number of aromatic nitrogens is 1. The van der Waals surface area contributed by atoms with Crippen molar-refractivity contribution < 1.29 is 4.79 Å². The van der Waals surface area contributed by atoms with Crippen LogP contribution in [0.25, 0.3) is 0 Å². The Morgan fingerprint density at radius 1 is 1.52 bits per heavy atom. The molecule has 1 aliphatic rings. The van der Waals surface area contributed by atoms with E-state index < -0.39 is 0 Å². The fourth-order valence-corrected chi connectivity index (χ4v) is 3.49. The van der Waals surface area contributed by atoms with Crippen molar-refractivity contribution in [3.8, 4) is 0 Å². The third-order valence-corrected chi connectivity index (χ3v) is 6.02. The van der Waals surface area contributed by atoms with Gasteiger partial charge in [0.1, 0.15) is 5.15 Å². The van der Waals surface area contributed by atoms with Gasteiger partial charge >= 0.3 is 0 Å². The summed E-state index contributed by atoms with van der Waals surface area (Å²) in [6.45, 7) is 6.37. The van der Waals surface area contributed by atoms with Crippen LogP contribution in [0.5, 0.6) is 0 Å². The molecule has 6 heteroatoms. The quantitative estimate of drug-likeness (QED) is 0.773. The molecule has 3 atom stereocenters. The summed E-state index contributed by atoms with van der Waals surface area (Å²) >= 11 is 9.17. The number of anilines is 1. The number of carbonyl (C=O) groups is 1. The summed E-state index contributed by atoms with van der Waals surface area (Å²) < 4.78 is 0.667. The monoisotopic (exact) mass is 373 g/mol.